The van der Waals surface area contributed by atoms with Crippen LogP contribution >= 0.6 is 0 Å². The van der Waals surface area contributed by atoms with Gasteiger partial charge >= 0.3 is 5.69 Å². The van der Waals surface area contributed by atoms with E-state index in [9.17, 15) is 9.90 Å². The SMILES string of the molecule is CC(O)N1CCN(c2cc3c(cc2Nc2ccccc2)[nH]c(=O)n3CC2CCCCC2)CC1. The molecule has 1 saturated heterocycles. The second kappa shape index (κ2) is 9.61. The van der Waals surface area contributed by atoms with Gasteiger partial charge in [-0.2, -0.15) is 0 Å². The van der Waals surface area contributed by atoms with Crippen LogP contribution in [0.15, 0.2) is 47.3 Å². The third-order valence-electron chi connectivity index (χ3n) is 7.29. The summed E-state index contributed by atoms with van der Waals surface area (Å²) >= 11 is 0. The normalized spacial score (nSPS) is 19.2. The van der Waals surface area contributed by atoms with Crippen molar-refractivity contribution in [2.24, 2.45) is 5.92 Å². The number of H-pyrrole nitrogens is 1. The molecule has 1 atom stereocenters. The standard InChI is InChI=1S/C26H35N5O2/c1-19(32)29-12-14-30(15-13-29)24-17-25-23(16-22(24)27-21-10-6-3-7-11-21)28-26(33)31(25)18-20-8-4-2-5-9-20/h3,6-7,10-11,16-17,19-20,27,32H,2,4-5,8-9,12-15,18H2,1H3,(H,28,33). The van der Waals surface area contributed by atoms with Crippen molar-refractivity contribution in [3.8, 4) is 0 Å². The number of imidazole rings is 1. The van der Waals surface area contributed by atoms with E-state index in [1.165, 1.54) is 32.1 Å². The summed E-state index contributed by atoms with van der Waals surface area (Å²) in [7, 11) is 0. The molecule has 1 aliphatic heterocycles. The second-order valence-electron chi connectivity index (χ2n) is 9.58. The van der Waals surface area contributed by atoms with Crippen molar-refractivity contribution in [2.45, 2.75) is 51.8 Å². The topological polar surface area (TPSA) is 76.5 Å². The van der Waals surface area contributed by atoms with E-state index in [4.69, 9.17) is 0 Å². The van der Waals surface area contributed by atoms with Gasteiger partial charge in [0.05, 0.1) is 22.4 Å². The maximum Gasteiger partial charge on any atom is 0.326 e. The van der Waals surface area contributed by atoms with E-state index >= 15 is 0 Å². The molecule has 0 radical (unpaired) electrons. The summed E-state index contributed by atoms with van der Waals surface area (Å²) in [5.74, 6) is 0.579. The number of aromatic nitrogens is 2. The summed E-state index contributed by atoms with van der Waals surface area (Å²) in [4.78, 5) is 20.5. The van der Waals surface area contributed by atoms with E-state index in [1.54, 1.807) is 0 Å². The first-order chi connectivity index (χ1) is 16.1. The number of aromatic amines is 1. The Morgan fingerprint density at radius 3 is 2.48 bits per heavy atom. The summed E-state index contributed by atoms with van der Waals surface area (Å²) in [5.41, 5.74) is 4.96. The summed E-state index contributed by atoms with van der Waals surface area (Å²) in [6.45, 7) is 5.90. The molecular formula is C26H35N5O2. The fourth-order valence-corrected chi connectivity index (χ4v) is 5.38. The minimum Gasteiger partial charge on any atom is -0.379 e. The van der Waals surface area contributed by atoms with Crippen LogP contribution in [0.2, 0.25) is 0 Å². The summed E-state index contributed by atoms with van der Waals surface area (Å²) in [5, 5.41) is 13.5. The lowest BCUT2D eigenvalue weighted by atomic mass is 9.89. The van der Waals surface area contributed by atoms with Gasteiger partial charge in [0.15, 0.2) is 0 Å². The first-order valence-electron chi connectivity index (χ1n) is 12.3. The van der Waals surface area contributed by atoms with Crippen LogP contribution in [0.1, 0.15) is 39.0 Å². The third-order valence-corrected chi connectivity index (χ3v) is 7.29. The Balaban J connectivity index is 1.51. The van der Waals surface area contributed by atoms with Crippen LogP contribution < -0.4 is 15.9 Å². The number of piperazine rings is 1. The van der Waals surface area contributed by atoms with Gasteiger partial charge in [-0.1, -0.05) is 37.5 Å². The molecule has 2 heterocycles. The number of benzene rings is 2. The Bertz CT molecular complexity index is 1120. The van der Waals surface area contributed by atoms with Crippen LogP contribution in [0.3, 0.4) is 0 Å². The monoisotopic (exact) mass is 449 g/mol. The highest BCUT2D eigenvalue weighted by atomic mass is 16.3. The summed E-state index contributed by atoms with van der Waals surface area (Å²) in [6, 6.07) is 14.4. The van der Waals surface area contributed by atoms with Crippen LogP contribution in [-0.2, 0) is 6.54 Å². The lowest BCUT2D eigenvalue weighted by Crippen LogP contribution is -2.49. The van der Waals surface area contributed by atoms with Gasteiger partial charge in [0.2, 0.25) is 0 Å². The smallest absolute Gasteiger partial charge is 0.326 e. The number of nitrogens with zero attached hydrogens (tertiary/aromatic N) is 3. The van der Waals surface area contributed by atoms with E-state index in [0.29, 0.717) is 5.92 Å². The van der Waals surface area contributed by atoms with Gasteiger partial charge in [0, 0.05) is 38.4 Å². The van der Waals surface area contributed by atoms with Crippen LogP contribution in [0.5, 0.6) is 0 Å². The van der Waals surface area contributed by atoms with Gasteiger partial charge in [0.1, 0.15) is 6.23 Å². The predicted octanol–water partition coefficient (Wildman–Crippen LogP) is 4.11. The molecule has 0 amide bonds. The van der Waals surface area contributed by atoms with E-state index in [1.807, 2.05) is 29.7 Å². The number of anilines is 3. The zero-order valence-electron chi connectivity index (χ0n) is 19.5. The van der Waals surface area contributed by atoms with Gasteiger partial charge < -0.3 is 20.3 Å². The quantitative estimate of drug-likeness (QED) is 0.528. The molecule has 7 nitrogen and oxygen atoms in total. The molecule has 5 rings (SSSR count). The molecular weight excluding hydrogens is 414 g/mol. The Morgan fingerprint density at radius 2 is 1.79 bits per heavy atom. The van der Waals surface area contributed by atoms with E-state index < -0.39 is 6.23 Å². The first kappa shape index (κ1) is 22.0. The summed E-state index contributed by atoms with van der Waals surface area (Å²) < 4.78 is 1.95. The average Bonchev–Trinajstić information content (AvgIpc) is 3.14. The largest absolute Gasteiger partial charge is 0.379 e. The van der Waals surface area contributed by atoms with Crippen LogP contribution in [-0.4, -0.2) is 52.0 Å². The van der Waals surface area contributed by atoms with Crippen LogP contribution in [0.4, 0.5) is 17.1 Å². The Kier molecular flexibility index (Phi) is 6.42. The Labute approximate surface area is 195 Å². The third kappa shape index (κ3) is 4.80. The molecule has 7 heteroatoms. The number of aliphatic hydroxyl groups excluding tert-OH is 1. The van der Waals surface area contributed by atoms with Gasteiger partial charge in [0.25, 0.3) is 0 Å². The van der Waals surface area contributed by atoms with Crippen molar-refractivity contribution in [1.29, 1.82) is 0 Å². The molecule has 2 aromatic carbocycles. The molecule has 3 N–H and O–H groups in total. The lowest BCUT2D eigenvalue weighted by molar-refractivity contribution is 0.0153. The van der Waals surface area contributed by atoms with Crippen LogP contribution in [0, 0.1) is 5.92 Å². The zero-order chi connectivity index (χ0) is 22.8. The maximum absolute atomic E-state index is 12.9. The molecule has 1 unspecified atom stereocenters. The maximum atomic E-state index is 12.9. The molecule has 176 valence electrons. The molecule has 2 aliphatic rings. The number of fused-ring (bicyclic) bond motifs is 1. The second-order valence-corrected chi connectivity index (χ2v) is 9.58. The first-order valence-corrected chi connectivity index (χ1v) is 12.3. The molecule has 0 spiro atoms. The average molecular weight is 450 g/mol. The number of nitrogens with one attached hydrogen (secondary N) is 2. The van der Waals surface area contributed by atoms with Crippen molar-refractivity contribution in [1.82, 2.24) is 14.5 Å². The molecule has 33 heavy (non-hydrogen) atoms. The van der Waals surface area contributed by atoms with Gasteiger partial charge in [-0.15, -0.1) is 0 Å². The molecule has 1 saturated carbocycles. The highest BCUT2D eigenvalue weighted by molar-refractivity contribution is 5.90. The molecule has 2 fully saturated rings. The number of para-hydroxylation sites is 1. The molecule has 1 aromatic heterocycles. The predicted molar refractivity (Wildman–Crippen MR) is 134 cm³/mol. The van der Waals surface area contributed by atoms with Crippen molar-refractivity contribution < 1.29 is 5.11 Å². The highest BCUT2D eigenvalue weighted by Crippen LogP contribution is 2.34. The fourth-order valence-electron chi connectivity index (χ4n) is 5.38. The van der Waals surface area contributed by atoms with Crippen molar-refractivity contribution in [3.63, 3.8) is 0 Å². The van der Waals surface area contributed by atoms with Crippen molar-refractivity contribution in [2.75, 3.05) is 36.4 Å². The Hall–Kier alpha value is -2.77. The number of hydrogen-bond donors (Lipinski definition) is 3. The van der Waals surface area contributed by atoms with Crippen LogP contribution in [0.25, 0.3) is 11.0 Å². The van der Waals surface area contributed by atoms with E-state index in [2.05, 4.69) is 44.4 Å². The fraction of sp³-hybridized carbons (Fsp3) is 0.500. The number of aliphatic hydroxyl groups is 1. The van der Waals surface area contributed by atoms with Crippen molar-refractivity contribution in [3.05, 3.63) is 52.9 Å². The molecule has 3 aromatic rings. The minimum atomic E-state index is -0.429. The van der Waals surface area contributed by atoms with Gasteiger partial charge in [-0.3, -0.25) is 9.47 Å². The number of hydrogen-bond acceptors (Lipinski definition) is 5. The zero-order valence-corrected chi connectivity index (χ0v) is 19.5. The van der Waals surface area contributed by atoms with E-state index in [-0.39, 0.29) is 5.69 Å². The lowest BCUT2D eigenvalue weighted by Gasteiger charge is -2.38. The van der Waals surface area contributed by atoms with E-state index in [0.717, 1.165) is 60.8 Å². The molecule has 1 aliphatic carbocycles. The van der Waals surface area contributed by atoms with Crippen molar-refractivity contribution >= 4 is 28.1 Å². The Morgan fingerprint density at radius 1 is 1.06 bits per heavy atom. The number of rotatable bonds is 6. The summed E-state index contributed by atoms with van der Waals surface area (Å²) in [6.07, 6.45) is 5.84. The molecule has 0 bridgehead atoms. The highest BCUT2D eigenvalue weighted by Gasteiger charge is 2.24. The minimum absolute atomic E-state index is 0.0164. The van der Waals surface area contributed by atoms with Gasteiger partial charge in [-0.05, 0) is 49.9 Å². The van der Waals surface area contributed by atoms with Gasteiger partial charge in [-0.25, -0.2) is 4.79 Å².